The van der Waals surface area contributed by atoms with Crippen molar-refractivity contribution in [2.75, 3.05) is 17.8 Å². The average Bonchev–Trinajstić information content (AvgIpc) is 2.01. The van der Waals surface area contributed by atoms with Gasteiger partial charge in [-0.05, 0) is 36.0 Å². The summed E-state index contributed by atoms with van der Waals surface area (Å²) in [4.78, 5) is 0. The van der Waals surface area contributed by atoms with Crippen molar-refractivity contribution < 1.29 is 0 Å². The second-order valence-electron chi connectivity index (χ2n) is 2.80. The highest BCUT2D eigenvalue weighted by Crippen LogP contribution is 2.30. The molecule has 0 aromatic heterocycles. The van der Waals surface area contributed by atoms with E-state index in [0.717, 1.165) is 5.75 Å². The van der Waals surface area contributed by atoms with Crippen molar-refractivity contribution in [1.82, 2.24) is 0 Å². The van der Waals surface area contributed by atoms with Gasteiger partial charge in [0.2, 0.25) is 0 Å². The molecule has 0 atom stereocenters. The molecule has 0 rings (SSSR count). The van der Waals surface area contributed by atoms with Crippen LogP contribution >= 0.6 is 24.4 Å². The van der Waals surface area contributed by atoms with Gasteiger partial charge in [-0.25, -0.2) is 0 Å². The average molecular weight is 178 g/mol. The van der Waals surface area contributed by atoms with Gasteiger partial charge in [0.1, 0.15) is 0 Å². The topological polar surface area (TPSA) is 0 Å². The summed E-state index contributed by atoms with van der Waals surface area (Å²) in [7, 11) is 0. The van der Waals surface area contributed by atoms with Crippen molar-refractivity contribution in [1.29, 1.82) is 0 Å². The van der Waals surface area contributed by atoms with Gasteiger partial charge in [-0.2, -0.15) is 24.4 Å². The predicted octanol–water partition coefficient (Wildman–Crippen LogP) is 3.09. The first-order chi connectivity index (χ1) is 4.74. The van der Waals surface area contributed by atoms with Crippen LogP contribution in [0.25, 0.3) is 0 Å². The molecule has 62 valence electrons. The van der Waals surface area contributed by atoms with Crippen LogP contribution in [-0.4, -0.2) is 17.8 Å². The van der Waals surface area contributed by atoms with Crippen molar-refractivity contribution in [3.63, 3.8) is 0 Å². The molecule has 0 heterocycles. The quantitative estimate of drug-likeness (QED) is 0.631. The van der Waals surface area contributed by atoms with Crippen LogP contribution in [0.4, 0.5) is 0 Å². The molecule has 0 radical (unpaired) electrons. The minimum absolute atomic E-state index is 0.503. The summed E-state index contributed by atoms with van der Waals surface area (Å²) < 4.78 is 0. The van der Waals surface area contributed by atoms with Gasteiger partial charge < -0.3 is 0 Å². The van der Waals surface area contributed by atoms with Crippen molar-refractivity contribution in [2.24, 2.45) is 5.41 Å². The Labute approximate surface area is 74.6 Å². The van der Waals surface area contributed by atoms with Crippen LogP contribution in [0.2, 0.25) is 0 Å². The molecule has 0 amide bonds. The van der Waals surface area contributed by atoms with E-state index in [2.05, 4.69) is 32.7 Å². The van der Waals surface area contributed by atoms with Gasteiger partial charge in [-0.15, -0.1) is 0 Å². The van der Waals surface area contributed by atoms with Crippen LogP contribution < -0.4 is 0 Å². The molecule has 0 aliphatic carbocycles. The second kappa shape index (κ2) is 5.36. The number of rotatable bonds is 5. The molecule has 0 N–H and O–H groups in total. The molecule has 0 spiro atoms. The lowest BCUT2D eigenvalue weighted by Crippen LogP contribution is -2.23. The Hall–Kier alpha value is 0.700. The van der Waals surface area contributed by atoms with E-state index in [4.69, 9.17) is 0 Å². The fourth-order valence-corrected chi connectivity index (χ4v) is 2.86. The van der Waals surface area contributed by atoms with Crippen LogP contribution in [0.3, 0.4) is 0 Å². The minimum atomic E-state index is 0.503. The molecule has 0 aromatic rings. The molecular weight excluding hydrogens is 160 g/mol. The Kier molecular flexibility index (Phi) is 5.74. The fourth-order valence-electron chi connectivity index (χ4n) is 1.03. The van der Waals surface area contributed by atoms with Crippen LogP contribution in [0, 0.1) is 5.41 Å². The monoisotopic (exact) mass is 178 g/mol. The Morgan fingerprint density at radius 3 is 1.90 bits per heavy atom. The summed E-state index contributed by atoms with van der Waals surface area (Å²) in [5, 5.41) is 0. The van der Waals surface area contributed by atoms with E-state index in [9.17, 15) is 0 Å². The van der Waals surface area contributed by atoms with Gasteiger partial charge >= 0.3 is 0 Å². The fraction of sp³-hybridized carbons (Fsp3) is 1.00. The van der Waals surface area contributed by atoms with E-state index in [1.54, 1.807) is 0 Å². The Balaban J connectivity index is 3.87. The van der Waals surface area contributed by atoms with E-state index >= 15 is 0 Å². The highest BCUT2D eigenvalue weighted by molar-refractivity contribution is 7.98. The smallest absolute Gasteiger partial charge is 0.000598 e. The molecule has 0 aliphatic heterocycles. The lowest BCUT2D eigenvalue weighted by atomic mass is 9.87. The van der Waals surface area contributed by atoms with Crippen molar-refractivity contribution in [2.45, 2.75) is 26.7 Å². The summed E-state index contributed by atoms with van der Waals surface area (Å²) in [5.41, 5.74) is 0.503. The minimum Gasteiger partial charge on any atom is -0.179 e. The normalized spacial score (nSPS) is 12.0. The molecule has 0 fully saturated rings. The zero-order valence-corrected chi connectivity index (χ0v) is 8.89. The largest absolute Gasteiger partial charge is 0.179 e. The third-order valence-electron chi connectivity index (χ3n) is 2.29. The van der Waals surface area contributed by atoms with Crippen molar-refractivity contribution in [3.8, 4) is 0 Å². The van der Waals surface area contributed by atoms with Gasteiger partial charge in [-0.1, -0.05) is 13.8 Å². The van der Waals surface area contributed by atoms with Crippen molar-refractivity contribution >= 4 is 24.4 Å². The molecule has 0 unspecified atom stereocenters. The van der Waals surface area contributed by atoms with E-state index in [1.165, 1.54) is 18.6 Å². The van der Waals surface area contributed by atoms with E-state index in [0.29, 0.717) is 5.41 Å². The Morgan fingerprint density at radius 1 is 1.30 bits per heavy atom. The standard InChI is InChI=1S/C8H18S2/c1-4-8(5-2,6-9)7-10-3/h9H,4-7H2,1-3H3. The van der Waals surface area contributed by atoms with E-state index < -0.39 is 0 Å². The number of thioether (sulfide) groups is 1. The SMILES string of the molecule is CCC(CC)(CS)CSC. The third kappa shape index (κ3) is 2.75. The highest BCUT2D eigenvalue weighted by Gasteiger charge is 2.22. The highest BCUT2D eigenvalue weighted by atomic mass is 32.2. The number of hydrogen-bond donors (Lipinski definition) is 1. The first kappa shape index (κ1) is 10.7. The maximum atomic E-state index is 4.38. The van der Waals surface area contributed by atoms with Crippen molar-refractivity contribution in [3.05, 3.63) is 0 Å². The molecule has 0 bridgehead atoms. The van der Waals surface area contributed by atoms with Crippen LogP contribution in [0.15, 0.2) is 0 Å². The summed E-state index contributed by atoms with van der Waals surface area (Å²) in [6.45, 7) is 4.52. The van der Waals surface area contributed by atoms with Crippen LogP contribution in [-0.2, 0) is 0 Å². The summed E-state index contributed by atoms with van der Waals surface area (Å²) in [6, 6.07) is 0. The van der Waals surface area contributed by atoms with Gasteiger partial charge in [0, 0.05) is 0 Å². The lowest BCUT2D eigenvalue weighted by molar-refractivity contribution is 0.357. The molecule has 10 heavy (non-hydrogen) atoms. The first-order valence-electron chi connectivity index (χ1n) is 3.84. The summed E-state index contributed by atoms with van der Waals surface area (Å²) in [5.74, 6) is 2.28. The lowest BCUT2D eigenvalue weighted by Gasteiger charge is -2.28. The van der Waals surface area contributed by atoms with E-state index in [1.807, 2.05) is 11.8 Å². The maximum Gasteiger partial charge on any atom is -0.000598 e. The zero-order chi connectivity index (χ0) is 8.04. The predicted molar refractivity (Wildman–Crippen MR) is 55.3 cm³/mol. The number of hydrogen-bond acceptors (Lipinski definition) is 2. The van der Waals surface area contributed by atoms with Gasteiger partial charge in [0.25, 0.3) is 0 Å². The number of thiol groups is 1. The molecule has 0 aliphatic rings. The molecule has 2 heteroatoms. The molecular formula is C8H18S2. The van der Waals surface area contributed by atoms with E-state index in [-0.39, 0.29) is 0 Å². The molecule has 0 saturated heterocycles. The molecule has 0 saturated carbocycles. The summed E-state index contributed by atoms with van der Waals surface area (Å²) >= 11 is 6.32. The van der Waals surface area contributed by atoms with Crippen LogP contribution in [0.1, 0.15) is 26.7 Å². The second-order valence-corrected chi connectivity index (χ2v) is 3.98. The molecule has 0 aromatic carbocycles. The Bertz CT molecular complexity index is 69.1. The summed E-state index contributed by atoms with van der Waals surface area (Å²) in [6.07, 6.45) is 4.69. The zero-order valence-electron chi connectivity index (χ0n) is 7.18. The maximum absolute atomic E-state index is 4.38. The van der Waals surface area contributed by atoms with Gasteiger partial charge in [0.05, 0.1) is 0 Å². The Morgan fingerprint density at radius 2 is 1.80 bits per heavy atom. The molecule has 0 nitrogen and oxygen atoms in total. The van der Waals surface area contributed by atoms with Gasteiger partial charge in [0.15, 0.2) is 0 Å². The third-order valence-corrected chi connectivity index (χ3v) is 3.86. The van der Waals surface area contributed by atoms with Gasteiger partial charge in [-0.3, -0.25) is 0 Å². The van der Waals surface area contributed by atoms with Crippen LogP contribution in [0.5, 0.6) is 0 Å². The first-order valence-corrected chi connectivity index (χ1v) is 5.87.